The lowest BCUT2D eigenvalue weighted by Gasteiger charge is -2.38. The Labute approximate surface area is 208 Å². The summed E-state index contributed by atoms with van der Waals surface area (Å²) in [5.74, 6) is -0.374. The molecule has 1 atom stereocenters. The first-order valence-corrected chi connectivity index (χ1v) is 12.8. The van der Waals surface area contributed by atoms with E-state index in [9.17, 15) is 9.90 Å². The number of nitrogens with zero attached hydrogens (tertiary/aromatic N) is 2. The van der Waals surface area contributed by atoms with Gasteiger partial charge in [-0.05, 0) is 42.4 Å². The number of hydrogen-bond donors (Lipinski definition) is 2. The monoisotopic (exact) mass is 475 g/mol. The molecule has 0 spiro atoms. The highest BCUT2D eigenvalue weighted by Crippen LogP contribution is 2.37. The molecule has 186 valence electrons. The number of carboxylic acid groups (broad SMARTS) is 1. The van der Waals surface area contributed by atoms with Gasteiger partial charge >= 0.3 is 5.97 Å². The third kappa shape index (κ3) is 6.44. The van der Waals surface area contributed by atoms with E-state index < -0.39 is 5.97 Å². The highest BCUT2D eigenvalue weighted by atomic mass is 16.4. The Bertz CT molecular complexity index is 1100. The lowest BCUT2D eigenvalue weighted by atomic mass is 9.92. The van der Waals surface area contributed by atoms with Crippen LogP contribution in [0.5, 0.6) is 0 Å². The number of benzene rings is 2. The van der Waals surface area contributed by atoms with Gasteiger partial charge in [-0.25, -0.2) is 0 Å². The van der Waals surface area contributed by atoms with E-state index in [2.05, 4.69) is 47.2 Å². The fourth-order valence-corrected chi connectivity index (χ4v) is 5.01. The number of hydrogen-bond acceptors (Lipinski definition) is 5. The number of aromatic nitrogens is 1. The molecular formula is C29H37N3O3. The van der Waals surface area contributed by atoms with Crippen LogP contribution in [-0.4, -0.2) is 28.6 Å². The predicted octanol–water partition coefficient (Wildman–Crippen LogP) is 7.46. The maximum absolute atomic E-state index is 11.4. The number of carbonyl (C=O) groups is 1. The zero-order chi connectivity index (χ0) is 24.8. The van der Waals surface area contributed by atoms with Crippen molar-refractivity contribution in [1.82, 2.24) is 4.98 Å². The third-order valence-corrected chi connectivity index (χ3v) is 6.77. The number of anilines is 3. The lowest BCUT2D eigenvalue weighted by molar-refractivity contribution is -0.137. The molecule has 0 amide bonds. The minimum atomic E-state index is -0.792. The van der Waals surface area contributed by atoms with Crippen LogP contribution in [0.3, 0.4) is 0 Å². The maximum atomic E-state index is 11.4. The molecule has 0 bridgehead atoms. The van der Waals surface area contributed by atoms with E-state index in [1.165, 1.54) is 32.1 Å². The average Bonchev–Trinajstić information content (AvgIpc) is 3.32. The normalized spacial score (nSPS) is 15.2. The molecule has 6 heteroatoms. The standard InChI is InChI=1S/C29H37N3O3/c1-20(2)18-32(24-12-8-5-9-13-24)27-15-14-23(21(3)16-28(33)34)17-25(27)30-29-31-26(19-35-29)22-10-6-4-7-11-22/h4,6-7,10-11,14-15,17,19-21,24H,5,8-9,12-13,16,18H2,1-3H3,(H,30,31)(H,33,34). The largest absolute Gasteiger partial charge is 0.481 e. The summed E-state index contributed by atoms with van der Waals surface area (Å²) in [6, 6.07) is 17.2. The second-order valence-electron chi connectivity index (χ2n) is 10.1. The van der Waals surface area contributed by atoms with Crippen molar-refractivity contribution in [2.45, 2.75) is 71.3 Å². The maximum Gasteiger partial charge on any atom is 0.303 e. The van der Waals surface area contributed by atoms with Gasteiger partial charge < -0.3 is 19.7 Å². The molecule has 0 radical (unpaired) electrons. The minimum absolute atomic E-state index is 0.0915. The van der Waals surface area contributed by atoms with Crippen LogP contribution in [-0.2, 0) is 4.79 Å². The number of nitrogens with one attached hydrogen (secondary N) is 1. The molecule has 1 fully saturated rings. The summed E-state index contributed by atoms with van der Waals surface area (Å²) in [7, 11) is 0. The summed E-state index contributed by atoms with van der Waals surface area (Å²) in [5.41, 5.74) is 4.79. The zero-order valence-electron chi connectivity index (χ0n) is 21.0. The molecule has 4 rings (SSSR count). The van der Waals surface area contributed by atoms with E-state index in [1.54, 1.807) is 6.26 Å². The summed E-state index contributed by atoms with van der Waals surface area (Å²) in [6.07, 6.45) is 7.98. The molecule has 1 aliphatic carbocycles. The molecule has 1 saturated carbocycles. The Kier molecular flexibility index (Phi) is 8.11. The topological polar surface area (TPSA) is 78.6 Å². The first-order valence-electron chi connectivity index (χ1n) is 12.8. The first kappa shape index (κ1) is 24.8. The zero-order valence-corrected chi connectivity index (χ0v) is 21.0. The average molecular weight is 476 g/mol. The van der Waals surface area contributed by atoms with Crippen molar-refractivity contribution in [2.75, 3.05) is 16.8 Å². The number of carboxylic acids is 1. The van der Waals surface area contributed by atoms with Crippen LogP contribution in [0.25, 0.3) is 11.3 Å². The van der Waals surface area contributed by atoms with Gasteiger partial charge in [0.05, 0.1) is 17.8 Å². The van der Waals surface area contributed by atoms with E-state index in [4.69, 9.17) is 4.42 Å². The van der Waals surface area contributed by atoms with Crippen molar-refractivity contribution in [2.24, 2.45) is 5.92 Å². The van der Waals surface area contributed by atoms with Crippen molar-refractivity contribution >= 4 is 23.4 Å². The van der Waals surface area contributed by atoms with E-state index in [1.807, 2.05) is 37.3 Å². The fraction of sp³-hybridized carbons (Fsp3) is 0.448. The molecule has 0 aliphatic heterocycles. The van der Waals surface area contributed by atoms with Crippen LogP contribution in [0.15, 0.2) is 59.2 Å². The Hall–Kier alpha value is -3.28. The summed E-state index contributed by atoms with van der Waals surface area (Å²) in [5, 5.41) is 12.8. The van der Waals surface area contributed by atoms with E-state index in [0.717, 1.165) is 34.7 Å². The molecular weight excluding hydrogens is 438 g/mol. The molecule has 3 aromatic rings. The number of oxazole rings is 1. The lowest BCUT2D eigenvalue weighted by Crippen LogP contribution is -2.39. The Morgan fingerprint density at radius 2 is 1.86 bits per heavy atom. The third-order valence-electron chi connectivity index (χ3n) is 6.77. The van der Waals surface area contributed by atoms with Crippen molar-refractivity contribution in [3.05, 3.63) is 60.4 Å². The number of rotatable bonds is 10. The van der Waals surface area contributed by atoms with Crippen LogP contribution in [0.4, 0.5) is 17.4 Å². The Balaban J connectivity index is 1.70. The SMILES string of the molecule is CC(C)CN(c1ccc(C(C)CC(=O)O)cc1Nc1nc(-c2ccccc2)co1)C1CCCCC1. The van der Waals surface area contributed by atoms with E-state index in [0.29, 0.717) is 18.0 Å². The van der Waals surface area contributed by atoms with Crippen LogP contribution in [0.2, 0.25) is 0 Å². The Morgan fingerprint density at radius 1 is 1.11 bits per heavy atom. The molecule has 1 aliphatic rings. The van der Waals surface area contributed by atoms with Gasteiger partial charge in [0, 0.05) is 18.2 Å². The highest BCUT2D eigenvalue weighted by molar-refractivity contribution is 5.76. The van der Waals surface area contributed by atoms with Crippen molar-refractivity contribution < 1.29 is 14.3 Å². The quantitative estimate of drug-likeness (QED) is 0.317. The molecule has 1 aromatic heterocycles. The molecule has 1 unspecified atom stereocenters. The molecule has 2 aromatic carbocycles. The second kappa shape index (κ2) is 11.4. The van der Waals surface area contributed by atoms with Gasteiger partial charge in [-0.2, -0.15) is 4.98 Å². The smallest absolute Gasteiger partial charge is 0.303 e. The summed E-state index contributed by atoms with van der Waals surface area (Å²) < 4.78 is 5.81. The van der Waals surface area contributed by atoms with Crippen LogP contribution in [0.1, 0.15) is 70.8 Å². The molecule has 0 saturated heterocycles. The van der Waals surface area contributed by atoms with Gasteiger partial charge in [0.1, 0.15) is 12.0 Å². The summed E-state index contributed by atoms with van der Waals surface area (Å²) in [6.45, 7) is 7.43. The molecule has 6 nitrogen and oxygen atoms in total. The van der Waals surface area contributed by atoms with Crippen LogP contribution >= 0.6 is 0 Å². The van der Waals surface area contributed by atoms with Gasteiger partial charge in [-0.15, -0.1) is 0 Å². The van der Waals surface area contributed by atoms with Gasteiger partial charge in [0.25, 0.3) is 6.01 Å². The highest BCUT2D eigenvalue weighted by Gasteiger charge is 2.25. The molecule has 2 N–H and O–H groups in total. The molecule has 35 heavy (non-hydrogen) atoms. The second-order valence-corrected chi connectivity index (χ2v) is 10.1. The summed E-state index contributed by atoms with van der Waals surface area (Å²) >= 11 is 0. The Morgan fingerprint density at radius 3 is 2.54 bits per heavy atom. The number of aliphatic carboxylic acids is 1. The van der Waals surface area contributed by atoms with Gasteiger partial charge in [-0.3, -0.25) is 4.79 Å². The van der Waals surface area contributed by atoms with Gasteiger partial charge in [0.2, 0.25) is 0 Å². The van der Waals surface area contributed by atoms with Crippen LogP contribution in [0, 0.1) is 5.92 Å². The van der Waals surface area contributed by atoms with Crippen molar-refractivity contribution in [1.29, 1.82) is 0 Å². The van der Waals surface area contributed by atoms with Gasteiger partial charge in [0.15, 0.2) is 0 Å². The van der Waals surface area contributed by atoms with Gasteiger partial charge in [-0.1, -0.05) is 76.4 Å². The fourth-order valence-electron chi connectivity index (χ4n) is 5.01. The predicted molar refractivity (Wildman–Crippen MR) is 141 cm³/mol. The van der Waals surface area contributed by atoms with Crippen molar-refractivity contribution in [3.63, 3.8) is 0 Å². The first-order chi connectivity index (χ1) is 16.9. The minimum Gasteiger partial charge on any atom is -0.481 e. The van der Waals surface area contributed by atoms with E-state index >= 15 is 0 Å². The summed E-state index contributed by atoms with van der Waals surface area (Å²) in [4.78, 5) is 18.6. The van der Waals surface area contributed by atoms with Crippen molar-refractivity contribution in [3.8, 4) is 11.3 Å². The van der Waals surface area contributed by atoms with Crippen LogP contribution < -0.4 is 10.2 Å². The molecule has 1 heterocycles. The van der Waals surface area contributed by atoms with E-state index in [-0.39, 0.29) is 12.3 Å².